The molecule has 0 saturated heterocycles. The Balaban J connectivity index is 0.000000828. The van der Waals surface area contributed by atoms with E-state index >= 15 is 0 Å². The van der Waals surface area contributed by atoms with Crippen LogP contribution in [0.3, 0.4) is 0 Å². The maximum absolute atomic E-state index is 11.7. The predicted molar refractivity (Wildman–Crippen MR) is 108 cm³/mol. The number of carboxylic acids is 1. The molecule has 0 saturated carbocycles. The molecule has 0 fully saturated rings. The highest BCUT2D eigenvalue weighted by molar-refractivity contribution is 6.63. The van der Waals surface area contributed by atoms with Crippen LogP contribution < -0.4 is 0 Å². The first-order chi connectivity index (χ1) is 13.6. The fourth-order valence-corrected chi connectivity index (χ4v) is 2.33. The molecular formula is C21H29ClO7. The Morgan fingerprint density at radius 2 is 1.55 bits per heavy atom. The number of ether oxygens (including phenoxy) is 2. The molecule has 0 aliphatic heterocycles. The second-order valence-electron chi connectivity index (χ2n) is 6.88. The molecule has 0 unspecified atom stereocenters. The summed E-state index contributed by atoms with van der Waals surface area (Å²) in [5.41, 5.74) is 0.456. The molecule has 1 aromatic rings. The maximum atomic E-state index is 11.7. The number of halogens is 1. The average Bonchev–Trinajstić information content (AvgIpc) is 2.64. The van der Waals surface area contributed by atoms with Gasteiger partial charge in [0.2, 0.25) is 5.24 Å². The number of carbonyl (C=O) groups is 4. The first-order valence-electron chi connectivity index (χ1n) is 9.37. The standard InChI is InChI=1S/C17H24O4.C4H5ClO3/c1-4-12-17(2,3)21-16(19)11-10-15(18)20-13-14-8-6-5-7-9-14;5-3(6)1-2-4(7)8/h5-9H,4,10-13H2,1-3H3;1-2H2,(H,7,8). The molecule has 1 N–H and O–H groups in total. The Kier molecular flexibility index (Phi) is 13.4. The Bertz CT molecular complexity index is 642. The lowest BCUT2D eigenvalue weighted by atomic mass is 10.0. The molecule has 162 valence electrons. The van der Waals surface area contributed by atoms with Crippen molar-refractivity contribution in [1.29, 1.82) is 0 Å². The van der Waals surface area contributed by atoms with E-state index in [0.717, 1.165) is 18.4 Å². The van der Waals surface area contributed by atoms with Crippen LogP contribution >= 0.6 is 11.6 Å². The van der Waals surface area contributed by atoms with E-state index in [4.69, 9.17) is 26.2 Å². The van der Waals surface area contributed by atoms with Crippen molar-refractivity contribution in [3.63, 3.8) is 0 Å². The Hall–Kier alpha value is -2.41. The molecule has 0 radical (unpaired) electrons. The zero-order chi connectivity index (χ0) is 22.3. The molecule has 7 nitrogen and oxygen atoms in total. The lowest BCUT2D eigenvalue weighted by molar-refractivity contribution is -0.160. The zero-order valence-electron chi connectivity index (χ0n) is 17.1. The van der Waals surface area contributed by atoms with Gasteiger partial charge >= 0.3 is 17.9 Å². The fourth-order valence-electron chi connectivity index (χ4n) is 2.23. The van der Waals surface area contributed by atoms with Gasteiger partial charge in [-0.1, -0.05) is 43.7 Å². The number of aliphatic carboxylic acids is 1. The highest BCUT2D eigenvalue weighted by Crippen LogP contribution is 2.17. The maximum Gasteiger partial charge on any atom is 0.306 e. The molecule has 1 aromatic carbocycles. The molecular weight excluding hydrogens is 400 g/mol. The molecule has 1 rings (SSSR count). The minimum Gasteiger partial charge on any atom is -0.481 e. The van der Waals surface area contributed by atoms with Gasteiger partial charge in [0.25, 0.3) is 0 Å². The van der Waals surface area contributed by atoms with Crippen molar-refractivity contribution in [1.82, 2.24) is 0 Å². The van der Waals surface area contributed by atoms with Crippen molar-refractivity contribution in [2.24, 2.45) is 0 Å². The van der Waals surface area contributed by atoms with Crippen molar-refractivity contribution < 1.29 is 33.8 Å². The first-order valence-corrected chi connectivity index (χ1v) is 9.75. The molecule has 0 amide bonds. The number of esters is 2. The van der Waals surface area contributed by atoms with Gasteiger partial charge in [-0.15, -0.1) is 0 Å². The monoisotopic (exact) mass is 428 g/mol. The highest BCUT2D eigenvalue weighted by Gasteiger charge is 2.22. The van der Waals surface area contributed by atoms with Crippen molar-refractivity contribution in [3.05, 3.63) is 35.9 Å². The third-order valence-corrected chi connectivity index (χ3v) is 3.74. The van der Waals surface area contributed by atoms with Crippen molar-refractivity contribution in [3.8, 4) is 0 Å². The van der Waals surface area contributed by atoms with Crippen molar-refractivity contribution in [2.75, 3.05) is 0 Å². The zero-order valence-corrected chi connectivity index (χ0v) is 17.9. The number of rotatable bonds is 11. The van der Waals surface area contributed by atoms with E-state index in [1.54, 1.807) is 0 Å². The van der Waals surface area contributed by atoms with E-state index < -0.39 is 16.8 Å². The van der Waals surface area contributed by atoms with Crippen molar-refractivity contribution >= 4 is 34.8 Å². The largest absolute Gasteiger partial charge is 0.481 e. The smallest absolute Gasteiger partial charge is 0.306 e. The normalized spacial score (nSPS) is 10.3. The second kappa shape index (κ2) is 14.6. The van der Waals surface area contributed by atoms with Crippen LogP contribution in [0.25, 0.3) is 0 Å². The minimum atomic E-state index is -1.00. The molecule has 0 aromatic heterocycles. The van der Waals surface area contributed by atoms with Gasteiger partial charge in [-0.2, -0.15) is 0 Å². The van der Waals surface area contributed by atoms with Crippen LogP contribution in [0.15, 0.2) is 30.3 Å². The number of hydrogen-bond acceptors (Lipinski definition) is 6. The van der Waals surface area contributed by atoms with E-state index in [9.17, 15) is 19.2 Å². The fraction of sp³-hybridized carbons (Fsp3) is 0.524. The van der Waals surface area contributed by atoms with Gasteiger partial charge in [0.1, 0.15) is 12.2 Å². The van der Waals surface area contributed by atoms with Gasteiger partial charge in [0.05, 0.1) is 19.3 Å². The highest BCUT2D eigenvalue weighted by atomic mass is 35.5. The molecule has 29 heavy (non-hydrogen) atoms. The Morgan fingerprint density at radius 3 is 2.03 bits per heavy atom. The Morgan fingerprint density at radius 1 is 0.966 bits per heavy atom. The van der Waals surface area contributed by atoms with E-state index in [1.807, 2.05) is 51.1 Å². The van der Waals surface area contributed by atoms with E-state index in [2.05, 4.69) is 0 Å². The third kappa shape index (κ3) is 16.3. The third-order valence-electron chi connectivity index (χ3n) is 3.55. The van der Waals surface area contributed by atoms with Crippen LogP contribution in [-0.2, 0) is 35.3 Å². The van der Waals surface area contributed by atoms with Crippen LogP contribution in [0.2, 0.25) is 0 Å². The molecule has 0 heterocycles. The summed E-state index contributed by atoms with van der Waals surface area (Å²) in [6, 6.07) is 9.44. The predicted octanol–water partition coefficient (Wildman–Crippen LogP) is 4.25. The second-order valence-corrected chi connectivity index (χ2v) is 7.30. The summed E-state index contributed by atoms with van der Waals surface area (Å²) in [7, 11) is 0. The van der Waals surface area contributed by atoms with Gasteiger partial charge in [-0.3, -0.25) is 19.2 Å². The summed E-state index contributed by atoms with van der Waals surface area (Å²) >= 11 is 4.82. The Labute approximate surface area is 176 Å². The number of carboxylic acid groups (broad SMARTS) is 1. The lowest BCUT2D eigenvalue weighted by Gasteiger charge is -2.24. The van der Waals surface area contributed by atoms with Crippen LogP contribution in [0.4, 0.5) is 0 Å². The molecule has 8 heteroatoms. The van der Waals surface area contributed by atoms with E-state index in [1.165, 1.54) is 0 Å². The average molecular weight is 429 g/mol. The van der Waals surface area contributed by atoms with Gasteiger partial charge in [-0.25, -0.2) is 0 Å². The number of carbonyl (C=O) groups excluding carboxylic acids is 3. The number of hydrogen-bond donors (Lipinski definition) is 1. The van der Waals surface area contributed by atoms with Crippen LogP contribution in [-0.4, -0.2) is 33.9 Å². The molecule has 0 atom stereocenters. The molecule has 0 aliphatic carbocycles. The van der Waals surface area contributed by atoms with Gasteiger partial charge in [0.15, 0.2) is 0 Å². The summed E-state index contributed by atoms with van der Waals surface area (Å²) < 4.78 is 10.5. The van der Waals surface area contributed by atoms with Crippen LogP contribution in [0, 0.1) is 0 Å². The van der Waals surface area contributed by atoms with E-state index in [0.29, 0.717) is 0 Å². The van der Waals surface area contributed by atoms with Gasteiger partial charge < -0.3 is 14.6 Å². The van der Waals surface area contributed by atoms with Crippen LogP contribution in [0.1, 0.15) is 64.9 Å². The molecule has 0 spiro atoms. The summed E-state index contributed by atoms with van der Waals surface area (Å²) in [5, 5.41) is 7.35. The summed E-state index contributed by atoms with van der Waals surface area (Å²) in [6.07, 6.45) is 1.59. The summed E-state index contributed by atoms with van der Waals surface area (Å²) in [6.45, 7) is 6.02. The number of benzene rings is 1. The minimum absolute atomic E-state index is 0.0495. The topological polar surface area (TPSA) is 107 Å². The summed E-state index contributed by atoms with van der Waals surface area (Å²) in [5.74, 6) is -1.74. The summed E-state index contributed by atoms with van der Waals surface area (Å²) in [4.78, 5) is 42.8. The van der Waals surface area contributed by atoms with Crippen molar-refractivity contribution in [2.45, 2.75) is 71.5 Å². The first kappa shape index (κ1) is 26.6. The SMILES string of the molecule is CCCC(C)(C)OC(=O)CCC(=O)OCc1ccccc1.O=C(O)CCC(=O)Cl. The lowest BCUT2D eigenvalue weighted by Crippen LogP contribution is -2.28. The quantitative estimate of drug-likeness (QED) is 0.414. The van der Waals surface area contributed by atoms with Crippen LogP contribution in [0.5, 0.6) is 0 Å². The van der Waals surface area contributed by atoms with Gasteiger partial charge in [0, 0.05) is 6.42 Å². The molecule has 0 bridgehead atoms. The molecule has 0 aliphatic rings. The van der Waals surface area contributed by atoms with Gasteiger partial charge in [-0.05, 0) is 37.4 Å². The van der Waals surface area contributed by atoms with E-state index in [-0.39, 0.29) is 44.2 Å².